The minimum Gasteiger partial charge on any atom is -0.493 e. The van der Waals surface area contributed by atoms with Crippen LogP contribution >= 0.6 is 31.9 Å². The lowest BCUT2D eigenvalue weighted by atomic mass is 10.2. The second-order valence-electron chi connectivity index (χ2n) is 7.34. The Morgan fingerprint density at radius 3 is 2.65 bits per heavy atom. The Hall–Kier alpha value is -2.72. The number of aryl methyl sites for hydroxylation is 1. The first kappa shape index (κ1) is 25.9. The molecule has 34 heavy (non-hydrogen) atoms. The number of aromatic nitrogens is 2. The summed E-state index contributed by atoms with van der Waals surface area (Å²) in [6.07, 6.45) is 2.16. The van der Waals surface area contributed by atoms with Crippen molar-refractivity contribution >= 4 is 54.9 Å². The highest BCUT2D eigenvalue weighted by Gasteiger charge is 2.19. The van der Waals surface area contributed by atoms with Crippen molar-refractivity contribution in [2.45, 2.75) is 39.7 Å². The van der Waals surface area contributed by atoms with Gasteiger partial charge in [0.2, 0.25) is 0 Å². The number of halogens is 2. The van der Waals surface area contributed by atoms with E-state index in [1.807, 2.05) is 19.1 Å². The highest BCUT2D eigenvalue weighted by molar-refractivity contribution is 9.10. The molecule has 3 aromatic rings. The van der Waals surface area contributed by atoms with Crippen LogP contribution in [0, 0.1) is 0 Å². The molecule has 0 unspecified atom stereocenters. The Kier molecular flexibility index (Phi) is 8.84. The Bertz CT molecular complexity index is 1290. The molecule has 180 valence electrons. The van der Waals surface area contributed by atoms with Gasteiger partial charge in [0.05, 0.1) is 30.8 Å². The zero-order valence-corrected chi connectivity index (χ0v) is 22.5. The van der Waals surface area contributed by atoms with Crippen LogP contribution in [0.15, 0.2) is 49.2 Å². The van der Waals surface area contributed by atoms with Crippen LogP contribution in [-0.4, -0.2) is 41.7 Å². The number of ether oxygens (including phenoxy) is 3. The van der Waals surface area contributed by atoms with E-state index in [1.54, 1.807) is 38.3 Å². The maximum atomic E-state index is 13.2. The highest BCUT2D eigenvalue weighted by atomic mass is 79.9. The number of carbonyl (C=O) groups excluding carboxylic acids is 1. The van der Waals surface area contributed by atoms with Crippen LogP contribution in [0.4, 0.5) is 0 Å². The summed E-state index contributed by atoms with van der Waals surface area (Å²) in [5.41, 5.74) is 1.03. The van der Waals surface area contributed by atoms with Crippen LogP contribution in [0.25, 0.3) is 10.9 Å². The van der Waals surface area contributed by atoms with Crippen molar-refractivity contribution in [2.75, 3.05) is 13.7 Å². The molecule has 0 saturated carbocycles. The van der Waals surface area contributed by atoms with Crippen molar-refractivity contribution in [3.63, 3.8) is 0 Å². The number of fused-ring (bicyclic) bond motifs is 1. The summed E-state index contributed by atoms with van der Waals surface area (Å²) in [5, 5.41) is 4.93. The van der Waals surface area contributed by atoms with Gasteiger partial charge < -0.3 is 14.2 Å². The van der Waals surface area contributed by atoms with Gasteiger partial charge in [-0.1, -0.05) is 22.9 Å². The summed E-state index contributed by atoms with van der Waals surface area (Å²) >= 11 is 6.91. The van der Waals surface area contributed by atoms with E-state index in [0.29, 0.717) is 44.7 Å². The molecule has 0 aliphatic heterocycles. The van der Waals surface area contributed by atoms with E-state index in [9.17, 15) is 9.59 Å². The smallest absolute Gasteiger partial charge is 0.347 e. The van der Waals surface area contributed by atoms with Crippen LogP contribution in [0.2, 0.25) is 0 Å². The summed E-state index contributed by atoms with van der Waals surface area (Å²) in [4.78, 5) is 29.8. The molecule has 0 spiro atoms. The molecular weight excluding hydrogens is 570 g/mol. The van der Waals surface area contributed by atoms with Crippen molar-refractivity contribution < 1.29 is 19.0 Å². The topological polar surface area (TPSA) is 92.0 Å². The predicted molar refractivity (Wildman–Crippen MR) is 138 cm³/mol. The first-order valence-electron chi connectivity index (χ1n) is 10.7. The minimum atomic E-state index is -0.807. The van der Waals surface area contributed by atoms with Gasteiger partial charge in [-0.25, -0.2) is 9.78 Å². The van der Waals surface area contributed by atoms with Crippen LogP contribution in [0.3, 0.4) is 0 Å². The fourth-order valence-electron chi connectivity index (χ4n) is 3.22. The summed E-state index contributed by atoms with van der Waals surface area (Å²) in [5.74, 6) is 0.880. The molecule has 0 aliphatic carbocycles. The molecular formula is C24H25Br2N3O5. The molecule has 3 rings (SSSR count). The molecule has 1 heterocycles. The normalized spacial score (nSPS) is 12.2. The van der Waals surface area contributed by atoms with Crippen molar-refractivity contribution in [1.29, 1.82) is 0 Å². The molecule has 1 atom stereocenters. The van der Waals surface area contributed by atoms with Crippen molar-refractivity contribution in [3.05, 3.63) is 61.0 Å². The summed E-state index contributed by atoms with van der Waals surface area (Å²) in [6, 6.07) is 8.79. The molecule has 2 aromatic carbocycles. The van der Waals surface area contributed by atoms with E-state index in [0.717, 1.165) is 10.9 Å². The maximum absolute atomic E-state index is 13.2. The zero-order valence-electron chi connectivity index (χ0n) is 19.3. The molecule has 10 heteroatoms. The standard InChI is InChI=1S/C24H25Br2N3O5/c1-5-7-22-28-19-9-8-16(25)11-17(19)23(30)29(22)27-13-15-10-20(32-4)21(12-18(15)26)34-14(3)24(31)33-6-2/h8-14H,5-7H2,1-4H3/t14-/m1/s1. The average molecular weight is 595 g/mol. The minimum absolute atomic E-state index is 0.252. The number of nitrogens with zero attached hydrogens (tertiary/aromatic N) is 3. The number of rotatable bonds is 9. The molecule has 0 aliphatic rings. The molecule has 0 bridgehead atoms. The van der Waals surface area contributed by atoms with Gasteiger partial charge in [-0.3, -0.25) is 4.79 Å². The first-order valence-corrected chi connectivity index (χ1v) is 12.3. The summed E-state index contributed by atoms with van der Waals surface area (Å²) in [7, 11) is 1.50. The summed E-state index contributed by atoms with van der Waals surface area (Å²) < 4.78 is 18.9. The fraction of sp³-hybridized carbons (Fsp3) is 0.333. The third-order valence-corrected chi connectivity index (χ3v) is 6.05. The Balaban J connectivity index is 2.00. The monoisotopic (exact) mass is 593 g/mol. The Morgan fingerprint density at radius 2 is 1.97 bits per heavy atom. The van der Waals surface area contributed by atoms with Gasteiger partial charge in [-0.2, -0.15) is 9.78 Å². The SMILES string of the molecule is CCCc1nc2ccc(Br)cc2c(=O)n1N=Cc1cc(OC)c(O[C@H](C)C(=O)OCC)cc1Br. The fourth-order valence-corrected chi connectivity index (χ4v) is 4.00. The quantitative estimate of drug-likeness (QED) is 0.253. The van der Waals surface area contributed by atoms with Gasteiger partial charge in [0.15, 0.2) is 17.6 Å². The van der Waals surface area contributed by atoms with E-state index in [2.05, 4.69) is 41.9 Å². The molecule has 0 fully saturated rings. The number of hydrogen-bond donors (Lipinski definition) is 0. The molecule has 0 N–H and O–H groups in total. The van der Waals surface area contributed by atoms with E-state index in [4.69, 9.17) is 14.2 Å². The number of methoxy groups -OCH3 is 1. The molecule has 0 amide bonds. The largest absolute Gasteiger partial charge is 0.493 e. The van der Waals surface area contributed by atoms with Gasteiger partial charge in [-0.15, -0.1) is 0 Å². The molecule has 0 radical (unpaired) electrons. The second kappa shape index (κ2) is 11.6. The lowest BCUT2D eigenvalue weighted by Crippen LogP contribution is -2.26. The lowest BCUT2D eigenvalue weighted by Gasteiger charge is -2.17. The van der Waals surface area contributed by atoms with Crippen LogP contribution in [0.5, 0.6) is 11.5 Å². The summed E-state index contributed by atoms with van der Waals surface area (Å²) in [6.45, 7) is 5.62. The van der Waals surface area contributed by atoms with Crippen molar-refractivity contribution in [2.24, 2.45) is 5.10 Å². The van der Waals surface area contributed by atoms with Gasteiger partial charge >= 0.3 is 5.97 Å². The van der Waals surface area contributed by atoms with Gasteiger partial charge in [0, 0.05) is 20.9 Å². The highest BCUT2D eigenvalue weighted by Crippen LogP contribution is 2.33. The third kappa shape index (κ3) is 5.85. The number of esters is 1. The lowest BCUT2D eigenvalue weighted by molar-refractivity contribution is -0.150. The number of benzene rings is 2. The van der Waals surface area contributed by atoms with Crippen LogP contribution < -0.4 is 15.0 Å². The van der Waals surface area contributed by atoms with Gasteiger partial charge in [0.25, 0.3) is 5.56 Å². The maximum Gasteiger partial charge on any atom is 0.347 e. The van der Waals surface area contributed by atoms with E-state index in [-0.39, 0.29) is 12.2 Å². The third-order valence-electron chi connectivity index (χ3n) is 4.87. The number of hydrogen-bond acceptors (Lipinski definition) is 7. The Morgan fingerprint density at radius 1 is 1.21 bits per heavy atom. The first-order chi connectivity index (χ1) is 16.3. The second-order valence-corrected chi connectivity index (χ2v) is 9.11. The van der Waals surface area contributed by atoms with Crippen molar-refractivity contribution in [3.8, 4) is 11.5 Å². The average Bonchev–Trinajstić information content (AvgIpc) is 2.80. The predicted octanol–water partition coefficient (Wildman–Crippen LogP) is 5.10. The van der Waals surface area contributed by atoms with Crippen molar-refractivity contribution in [1.82, 2.24) is 9.66 Å². The van der Waals surface area contributed by atoms with E-state index < -0.39 is 12.1 Å². The Labute approximate surface area is 214 Å². The molecule has 0 saturated heterocycles. The molecule has 8 nitrogen and oxygen atoms in total. The van der Waals surface area contributed by atoms with Gasteiger partial charge in [0.1, 0.15) is 5.82 Å². The van der Waals surface area contributed by atoms with E-state index >= 15 is 0 Å². The number of carbonyl (C=O) groups is 1. The van der Waals surface area contributed by atoms with E-state index in [1.165, 1.54) is 11.8 Å². The van der Waals surface area contributed by atoms with Crippen LogP contribution in [0.1, 0.15) is 38.6 Å². The molecule has 1 aromatic heterocycles. The zero-order chi connectivity index (χ0) is 24.8. The van der Waals surface area contributed by atoms with Crippen LogP contribution in [-0.2, 0) is 16.0 Å². The van der Waals surface area contributed by atoms with Gasteiger partial charge in [-0.05, 0) is 66.5 Å².